The highest BCUT2D eigenvalue weighted by Crippen LogP contribution is 2.36. The fourth-order valence-corrected chi connectivity index (χ4v) is 1.01. The van der Waals surface area contributed by atoms with Crippen LogP contribution in [0, 0.1) is 6.92 Å². The number of nitrogens with zero attached hydrogens (tertiary/aromatic N) is 1. The zero-order valence-electron chi connectivity index (χ0n) is 8.59. The van der Waals surface area contributed by atoms with Gasteiger partial charge in [-0.25, -0.2) is 4.99 Å². The van der Waals surface area contributed by atoms with Crippen molar-refractivity contribution in [1.82, 2.24) is 0 Å². The smallest absolute Gasteiger partial charge is 0.477 e. The lowest BCUT2D eigenvalue weighted by Crippen LogP contribution is -2.34. The predicted molar refractivity (Wildman–Crippen MR) is 51.4 cm³/mol. The Kier molecular flexibility index (Phi) is 3.40. The molecule has 0 fully saturated rings. The molecule has 1 aromatic rings. The highest BCUT2D eigenvalue weighted by atomic mass is 19.4. The minimum atomic E-state index is -5.75. The molecule has 0 heterocycles. The summed E-state index contributed by atoms with van der Waals surface area (Å²) in [4.78, 5) is 2.16. The number of phenolic OH excluding ortho intramolecular Hbond substituents is 1. The third-order valence-corrected chi connectivity index (χ3v) is 1.98. The lowest BCUT2D eigenvalue weighted by atomic mass is 10.1. The molecule has 0 radical (unpaired) electrons. The summed E-state index contributed by atoms with van der Waals surface area (Å²) in [5.41, 5.74) is 0.151. The number of aryl methyl sites for hydroxylation is 1. The Bertz CT molecular complexity index is 439. The predicted octanol–water partition coefficient (Wildman–Crippen LogP) is 3.27. The molecule has 17 heavy (non-hydrogen) atoms. The average molecular weight is 253 g/mol. The summed E-state index contributed by atoms with van der Waals surface area (Å²) in [6, 6.07) is -1.10. The normalized spacial score (nSPS) is 13.3. The third-order valence-electron chi connectivity index (χ3n) is 1.98. The van der Waals surface area contributed by atoms with Gasteiger partial charge < -0.3 is 5.11 Å². The number of para-hydroxylation sites is 1. The monoisotopic (exact) mass is 253 g/mol. The lowest BCUT2D eigenvalue weighted by Gasteiger charge is -2.14. The third kappa shape index (κ3) is 2.92. The first-order valence-electron chi connectivity index (χ1n) is 4.43. The Balaban J connectivity index is 3.03. The number of hydrogen-bond donors (Lipinski definition) is 1. The fourth-order valence-electron chi connectivity index (χ4n) is 1.01. The van der Waals surface area contributed by atoms with Gasteiger partial charge in [0, 0.05) is 11.8 Å². The fraction of sp³-hybridized carbons (Fsp3) is 0.300. The molecule has 94 valence electrons. The van der Waals surface area contributed by atoms with Crippen molar-refractivity contribution in [2.45, 2.75) is 19.1 Å². The Morgan fingerprint density at radius 3 is 2.29 bits per heavy atom. The molecule has 1 N–H and O–H groups in total. The summed E-state index contributed by atoms with van der Waals surface area (Å²) in [5, 5.41) is 9.38. The van der Waals surface area contributed by atoms with Crippen LogP contribution in [0.15, 0.2) is 23.2 Å². The molecular weight excluding hydrogens is 245 g/mol. The van der Waals surface area contributed by atoms with Gasteiger partial charge in [-0.3, -0.25) is 0 Å². The van der Waals surface area contributed by atoms with E-state index in [2.05, 4.69) is 4.99 Å². The van der Waals surface area contributed by atoms with E-state index >= 15 is 0 Å². The number of benzene rings is 1. The van der Waals surface area contributed by atoms with E-state index in [0.717, 1.165) is 0 Å². The van der Waals surface area contributed by atoms with Crippen LogP contribution in [0.1, 0.15) is 11.1 Å². The molecule has 0 bridgehead atoms. The average Bonchev–Trinajstić information content (AvgIpc) is 2.18. The van der Waals surface area contributed by atoms with Gasteiger partial charge in [0.2, 0.25) is 0 Å². The summed E-state index contributed by atoms with van der Waals surface area (Å²) in [7, 11) is 0. The molecule has 0 atom stereocenters. The Labute approximate surface area is 93.4 Å². The summed E-state index contributed by atoms with van der Waals surface area (Å²) in [6.45, 7) is 1.48. The van der Waals surface area contributed by atoms with Gasteiger partial charge in [0.15, 0.2) is 0 Å². The molecule has 0 spiro atoms. The standard InChI is InChI=1S/C10H8F5NO/c1-6-3-2-4-7(8(6)17)5-16-10(14,15)9(11,12)13/h2-5,17H,1H3/b16-5+. The zero-order chi connectivity index (χ0) is 13.3. The first-order valence-corrected chi connectivity index (χ1v) is 4.43. The van der Waals surface area contributed by atoms with Crippen LogP contribution in [0.3, 0.4) is 0 Å². The van der Waals surface area contributed by atoms with Crippen LogP contribution in [0.25, 0.3) is 0 Å². The molecule has 1 rings (SSSR count). The van der Waals surface area contributed by atoms with Crippen molar-refractivity contribution in [3.8, 4) is 5.75 Å². The highest BCUT2D eigenvalue weighted by molar-refractivity contribution is 5.84. The molecule has 0 aliphatic rings. The first kappa shape index (κ1) is 13.4. The van der Waals surface area contributed by atoms with E-state index in [9.17, 15) is 27.1 Å². The van der Waals surface area contributed by atoms with Gasteiger partial charge in [-0.15, -0.1) is 0 Å². The van der Waals surface area contributed by atoms with Gasteiger partial charge >= 0.3 is 12.2 Å². The summed E-state index contributed by atoms with van der Waals surface area (Å²) >= 11 is 0. The lowest BCUT2D eigenvalue weighted by molar-refractivity contribution is -0.277. The number of aromatic hydroxyl groups is 1. The van der Waals surface area contributed by atoms with Gasteiger partial charge in [0.25, 0.3) is 0 Å². The number of halogens is 5. The Morgan fingerprint density at radius 2 is 1.76 bits per heavy atom. The Morgan fingerprint density at radius 1 is 1.18 bits per heavy atom. The molecule has 0 aliphatic carbocycles. The van der Waals surface area contributed by atoms with Crippen LogP contribution >= 0.6 is 0 Å². The van der Waals surface area contributed by atoms with Crippen molar-refractivity contribution in [2.24, 2.45) is 4.99 Å². The molecule has 7 heteroatoms. The molecule has 0 saturated carbocycles. The number of alkyl halides is 5. The van der Waals surface area contributed by atoms with Crippen LogP contribution < -0.4 is 0 Å². The second-order valence-corrected chi connectivity index (χ2v) is 3.31. The largest absolute Gasteiger partial charge is 0.507 e. The highest BCUT2D eigenvalue weighted by Gasteiger charge is 2.57. The second kappa shape index (κ2) is 4.31. The molecule has 0 aliphatic heterocycles. The van der Waals surface area contributed by atoms with Gasteiger partial charge in [-0.2, -0.15) is 22.0 Å². The number of rotatable bonds is 2. The van der Waals surface area contributed by atoms with E-state index in [1.54, 1.807) is 0 Å². The summed E-state index contributed by atoms with van der Waals surface area (Å²) in [6.07, 6.45) is -5.45. The second-order valence-electron chi connectivity index (χ2n) is 3.31. The van der Waals surface area contributed by atoms with E-state index in [-0.39, 0.29) is 11.3 Å². The molecule has 2 nitrogen and oxygen atoms in total. The van der Waals surface area contributed by atoms with Gasteiger partial charge in [-0.05, 0) is 18.6 Å². The van der Waals surface area contributed by atoms with Crippen molar-refractivity contribution in [3.05, 3.63) is 29.3 Å². The quantitative estimate of drug-likeness (QED) is 0.489. The number of hydrogen-bond acceptors (Lipinski definition) is 2. The number of phenols is 1. The van der Waals surface area contributed by atoms with Crippen molar-refractivity contribution in [1.29, 1.82) is 0 Å². The first-order chi connectivity index (χ1) is 7.65. The van der Waals surface area contributed by atoms with Gasteiger partial charge in [0.05, 0.1) is 0 Å². The molecule has 0 unspecified atom stereocenters. The minimum absolute atomic E-state index is 0.200. The summed E-state index contributed by atoms with van der Waals surface area (Å²) in [5.74, 6) is -0.380. The van der Waals surface area contributed by atoms with Crippen molar-refractivity contribution < 1.29 is 27.1 Å². The number of aliphatic imine (C=N–C) groups is 1. The van der Waals surface area contributed by atoms with E-state index in [0.29, 0.717) is 11.8 Å². The maximum atomic E-state index is 12.4. The van der Waals surface area contributed by atoms with E-state index in [1.165, 1.54) is 25.1 Å². The van der Waals surface area contributed by atoms with Crippen molar-refractivity contribution in [2.75, 3.05) is 0 Å². The Hall–Kier alpha value is -1.66. The molecule has 0 amide bonds. The van der Waals surface area contributed by atoms with Gasteiger partial charge in [0.1, 0.15) is 5.75 Å². The van der Waals surface area contributed by atoms with Crippen LogP contribution in [0.2, 0.25) is 0 Å². The topological polar surface area (TPSA) is 32.6 Å². The van der Waals surface area contributed by atoms with E-state index in [1.807, 2.05) is 0 Å². The molecular formula is C10H8F5NO. The molecule has 0 saturated heterocycles. The molecule has 1 aromatic carbocycles. The van der Waals surface area contributed by atoms with E-state index < -0.39 is 12.2 Å². The SMILES string of the molecule is Cc1cccc(/C=N/C(F)(F)C(F)(F)F)c1O. The van der Waals surface area contributed by atoms with Crippen LogP contribution in [-0.4, -0.2) is 23.5 Å². The summed E-state index contributed by atoms with van der Waals surface area (Å²) < 4.78 is 60.3. The van der Waals surface area contributed by atoms with Crippen molar-refractivity contribution >= 4 is 6.21 Å². The maximum Gasteiger partial charge on any atom is 0.477 e. The van der Waals surface area contributed by atoms with E-state index in [4.69, 9.17) is 0 Å². The van der Waals surface area contributed by atoms with Crippen LogP contribution in [0.5, 0.6) is 5.75 Å². The van der Waals surface area contributed by atoms with Crippen molar-refractivity contribution in [3.63, 3.8) is 0 Å². The van der Waals surface area contributed by atoms with Crippen LogP contribution in [-0.2, 0) is 0 Å². The molecule has 0 aromatic heterocycles. The zero-order valence-corrected chi connectivity index (χ0v) is 8.59. The van der Waals surface area contributed by atoms with Crippen LogP contribution in [0.4, 0.5) is 22.0 Å². The maximum absolute atomic E-state index is 12.4. The van der Waals surface area contributed by atoms with Gasteiger partial charge in [-0.1, -0.05) is 12.1 Å². The minimum Gasteiger partial charge on any atom is -0.507 e.